The minimum atomic E-state index is -2.83. The fourth-order valence-corrected chi connectivity index (χ4v) is 2.94. The molecule has 0 unspecified atom stereocenters. The Labute approximate surface area is 167 Å². The van der Waals surface area contributed by atoms with Gasteiger partial charge in [0.15, 0.2) is 0 Å². The third-order valence-electron chi connectivity index (χ3n) is 4.28. The van der Waals surface area contributed by atoms with Crippen molar-refractivity contribution in [1.82, 2.24) is 35.1 Å². The molecule has 0 saturated carbocycles. The Morgan fingerprint density at radius 3 is 2.60 bits per heavy atom. The summed E-state index contributed by atoms with van der Waals surface area (Å²) in [5.74, 6) is -0.513. The zero-order valence-electron chi connectivity index (χ0n) is 15.1. The molecule has 30 heavy (non-hydrogen) atoms. The summed E-state index contributed by atoms with van der Waals surface area (Å²) < 4.78 is 30.1. The number of rotatable bonds is 5. The van der Waals surface area contributed by atoms with Crippen molar-refractivity contribution >= 4 is 22.7 Å². The van der Waals surface area contributed by atoms with E-state index in [9.17, 15) is 8.78 Å². The second-order valence-electron chi connectivity index (χ2n) is 6.23. The van der Waals surface area contributed by atoms with Gasteiger partial charge in [-0.15, -0.1) is 10.2 Å². The minimum absolute atomic E-state index is 0.0745. The van der Waals surface area contributed by atoms with Crippen molar-refractivity contribution in [3.63, 3.8) is 0 Å². The summed E-state index contributed by atoms with van der Waals surface area (Å²) in [5.41, 5.74) is 4.53. The number of halogens is 2. The van der Waals surface area contributed by atoms with Crippen LogP contribution in [-0.4, -0.2) is 35.1 Å². The lowest BCUT2D eigenvalue weighted by Gasteiger charge is -2.09. The molecule has 0 fully saturated rings. The zero-order chi connectivity index (χ0) is 20.5. The standard InChI is InChI=1S/C19H12F2N8O/c20-16(21)18-29-28-17(30-18)11-7-23-19(24-8-11)27-12-4-13(10-2-1-3-22-6-10)15-14(5-12)25-9-26-15/h1-9,16H,(H,25,26)(H,23,24,27). The summed E-state index contributed by atoms with van der Waals surface area (Å²) in [5, 5.41) is 9.99. The number of aromatic amines is 1. The summed E-state index contributed by atoms with van der Waals surface area (Å²) in [6, 6.07) is 7.60. The van der Waals surface area contributed by atoms with Crippen molar-refractivity contribution in [3.8, 4) is 22.6 Å². The highest BCUT2D eigenvalue weighted by Crippen LogP contribution is 2.31. The average molecular weight is 406 g/mol. The quantitative estimate of drug-likeness (QED) is 0.447. The molecule has 1 aromatic carbocycles. The number of benzene rings is 1. The van der Waals surface area contributed by atoms with Gasteiger partial charge in [0.25, 0.3) is 11.8 Å². The molecule has 0 aliphatic rings. The van der Waals surface area contributed by atoms with Crippen molar-refractivity contribution < 1.29 is 13.2 Å². The fourth-order valence-electron chi connectivity index (χ4n) is 2.94. The van der Waals surface area contributed by atoms with E-state index in [1.807, 2.05) is 24.3 Å². The number of pyridine rings is 1. The molecule has 0 atom stereocenters. The van der Waals surface area contributed by atoms with Gasteiger partial charge in [-0.3, -0.25) is 4.98 Å². The summed E-state index contributed by atoms with van der Waals surface area (Å²) in [6.45, 7) is 0. The topological polar surface area (TPSA) is 118 Å². The van der Waals surface area contributed by atoms with Gasteiger partial charge >= 0.3 is 6.43 Å². The second kappa shape index (κ2) is 7.28. The van der Waals surface area contributed by atoms with Crippen LogP contribution in [0.4, 0.5) is 20.4 Å². The predicted molar refractivity (Wildman–Crippen MR) is 103 cm³/mol. The highest BCUT2D eigenvalue weighted by atomic mass is 19.3. The smallest absolute Gasteiger partial charge is 0.314 e. The molecule has 4 heterocycles. The Morgan fingerprint density at radius 2 is 1.87 bits per heavy atom. The third-order valence-corrected chi connectivity index (χ3v) is 4.28. The average Bonchev–Trinajstić information content (AvgIpc) is 3.44. The van der Waals surface area contributed by atoms with Gasteiger partial charge in [0.1, 0.15) is 0 Å². The number of hydrogen-bond acceptors (Lipinski definition) is 8. The molecule has 0 radical (unpaired) electrons. The lowest BCUT2D eigenvalue weighted by molar-refractivity contribution is 0.116. The molecule has 5 rings (SSSR count). The molecule has 0 aliphatic heterocycles. The third kappa shape index (κ3) is 3.32. The number of alkyl halides is 2. The van der Waals surface area contributed by atoms with E-state index in [4.69, 9.17) is 4.42 Å². The van der Waals surface area contributed by atoms with Crippen molar-refractivity contribution in [2.24, 2.45) is 0 Å². The van der Waals surface area contributed by atoms with E-state index in [1.165, 1.54) is 12.4 Å². The Hall–Kier alpha value is -4.28. The van der Waals surface area contributed by atoms with Gasteiger partial charge in [-0.05, 0) is 18.2 Å². The molecule has 4 aromatic heterocycles. The number of aromatic nitrogens is 7. The fraction of sp³-hybridized carbons (Fsp3) is 0.0526. The van der Waals surface area contributed by atoms with Crippen molar-refractivity contribution in [2.75, 3.05) is 5.32 Å². The molecule has 148 valence electrons. The van der Waals surface area contributed by atoms with Crippen LogP contribution in [0, 0.1) is 0 Å². The molecule has 0 saturated heterocycles. The van der Waals surface area contributed by atoms with Crippen molar-refractivity contribution in [3.05, 3.63) is 61.3 Å². The lowest BCUT2D eigenvalue weighted by Crippen LogP contribution is -1.97. The van der Waals surface area contributed by atoms with Crippen LogP contribution in [0.1, 0.15) is 12.3 Å². The van der Waals surface area contributed by atoms with Crippen LogP contribution < -0.4 is 5.32 Å². The van der Waals surface area contributed by atoms with Crippen LogP contribution in [0.2, 0.25) is 0 Å². The van der Waals surface area contributed by atoms with Crippen LogP contribution in [-0.2, 0) is 0 Å². The van der Waals surface area contributed by atoms with E-state index >= 15 is 0 Å². The van der Waals surface area contributed by atoms with Gasteiger partial charge in [0.05, 0.1) is 22.9 Å². The van der Waals surface area contributed by atoms with Crippen molar-refractivity contribution in [1.29, 1.82) is 0 Å². The Bertz CT molecular complexity index is 1300. The number of nitrogens with one attached hydrogen (secondary N) is 2. The molecule has 0 bridgehead atoms. The molecule has 0 aliphatic carbocycles. The van der Waals surface area contributed by atoms with Gasteiger partial charge in [0.2, 0.25) is 5.95 Å². The SMILES string of the molecule is FC(F)c1nnc(-c2cnc(Nc3cc(-c4cccnc4)c4nc[nH]c4c3)nc2)o1. The van der Waals surface area contributed by atoms with Crippen LogP contribution in [0.25, 0.3) is 33.6 Å². The van der Waals surface area contributed by atoms with Crippen LogP contribution >= 0.6 is 0 Å². The summed E-state index contributed by atoms with van der Waals surface area (Å²) in [7, 11) is 0. The van der Waals surface area contributed by atoms with E-state index in [0.29, 0.717) is 11.5 Å². The first-order chi connectivity index (χ1) is 14.7. The van der Waals surface area contributed by atoms with Crippen molar-refractivity contribution in [2.45, 2.75) is 6.43 Å². The monoisotopic (exact) mass is 406 g/mol. The molecule has 2 N–H and O–H groups in total. The van der Waals surface area contributed by atoms with E-state index in [1.54, 1.807) is 18.7 Å². The summed E-state index contributed by atoms with van der Waals surface area (Å²) in [6.07, 6.45) is 5.08. The zero-order valence-corrected chi connectivity index (χ0v) is 15.1. The first-order valence-electron chi connectivity index (χ1n) is 8.76. The largest absolute Gasteiger partial charge is 0.415 e. The molecule has 0 amide bonds. The number of fused-ring (bicyclic) bond motifs is 1. The molecule has 9 nitrogen and oxygen atoms in total. The van der Waals surface area contributed by atoms with E-state index in [2.05, 4.69) is 40.4 Å². The van der Waals surface area contributed by atoms with Crippen LogP contribution in [0.5, 0.6) is 0 Å². The number of nitrogens with zero attached hydrogens (tertiary/aromatic N) is 6. The number of hydrogen-bond donors (Lipinski definition) is 2. The molecular formula is C19H12F2N8O. The highest BCUT2D eigenvalue weighted by molar-refractivity contribution is 5.95. The lowest BCUT2D eigenvalue weighted by atomic mass is 10.1. The van der Waals surface area contributed by atoms with Gasteiger partial charge in [-0.2, -0.15) is 8.78 Å². The maximum Gasteiger partial charge on any atom is 0.314 e. The van der Waals surface area contributed by atoms with Crippen LogP contribution in [0.15, 0.2) is 59.8 Å². The predicted octanol–water partition coefficient (Wildman–Crippen LogP) is 4.15. The molecule has 0 spiro atoms. The summed E-state index contributed by atoms with van der Waals surface area (Å²) in [4.78, 5) is 20.0. The molecular weight excluding hydrogens is 394 g/mol. The Balaban J connectivity index is 1.44. The second-order valence-corrected chi connectivity index (χ2v) is 6.23. The Kier molecular flexibility index (Phi) is 4.32. The number of imidazole rings is 1. The highest BCUT2D eigenvalue weighted by Gasteiger charge is 2.17. The van der Waals surface area contributed by atoms with Gasteiger partial charge < -0.3 is 14.7 Å². The van der Waals surface area contributed by atoms with E-state index in [-0.39, 0.29) is 5.89 Å². The number of anilines is 2. The molecule has 11 heteroatoms. The first kappa shape index (κ1) is 17.8. The minimum Gasteiger partial charge on any atom is -0.415 e. The Morgan fingerprint density at radius 1 is 1.00 bits per heavy atom. The van der Waals surface area contributed by atoms with Gasteiger partial charge in [-0.1, -0.05) is 6.07 Å². The first-order valence-corrected chi connectivity index (χ1v) is 8.76. The molecule has 5 aromatic rings. The van der Waals surface area contributed by atoms with E-state index < -0.39 is 12.3 Å². The van der Waals surface area contributed by atoms with Gasteiger partial charge in [0, 0.05) is 41.6 Å². The summed E-state index contributed by atoms with van der Waals surface area (Å²) >= 11 is 0. The van der Waals surface area contributed by atoms with E-state index in [0.717, 1.165) is 27.8 Å². The normalized spacial score (nSPS) is 11.3. The van der Waals surface area contributed by atoms with Crippen LogP contribution in [0.3, 0.4) is 0 Å². The maximum atomic E-state index is 12.6. The number of H-pyrrole nitrogens is 1. The maximum absolute atomic E-state index is 12.6. The van der Waals surface area contributed by atoms with Gasteiger partial charge in [-0.25, -0.2) is 15.0 Å².